The Morgan fingerprint density at radius 3 is 2.75 bits per heavy atom. The van der Waals surface area contributed by atoms with Gasteiger partial charge in [-0.3, -0.25) is 4.79 Å². The Morgan fingerprint density at radius 2 is 2.25 bits per heavy atom. The number of carboxylic acids is 1. The molecule has 0 saturated carbocycles. The minimum absolute atomic E-state index is 0.333. The molecule has 1 aromatic rings. The number of carbonyl (C=O) groups is 1. The van der Waals surface area contributed by atoms with Crippen LogP contribution in [0.1, 0.15) is 18.9 Å². The highest BCUT2D eigenvalue weighted by Crippen LogP contribution is 2.29. The van der Waals surface area contributed by atoms with E-state index in [0.717, 1.165) is 0 Å². The number of nitrogens with two attached hydrogens (primary N) is 1. The first-order chi connectivity index (χ1) is 7.54. The average molecular weight is 223 g/mol. The summed E-state index contributed by atoms with van der Waals surface area (Å²) in [4.78, 5) is 11.3. The molecule has 3 N–H and O–H groups in total. The Labute approximate surface area is 95.0 Å². The summed E-state index contributed by atoms with van der Waals surface area (Å²) in [6.45, 7) is 2.01. The van der Waals surface area contributed by atoms with Crippen LogP contribution >= 0.6 is 0 Å². The summed E-state index contributed by atoms with van der Waals surface area (Å²) in [5, 5.41) is 9.28. The van der Waals surface area contributed by atoms with Crippen molar-refractivity contribution in [1.82, 2.24) is 0 Å². The zero-order valence-corrected chi connectivity index (χ0v) is 9.56. The number of carboxylic acid groups (broad SMARTS) is 1. The van der Waals surface area contributed by atoms with Gasteiger partial charge >= 0.3 is 5.97 Å². The van der Waals surface area contributed by atoms with Crippen LogP contribution in [0.3, 0.4) is 0 Å². The lowest BCUT2D eigenvalue weighted by molar-refractivity contribution is -0.143. The first kappa shape index (κ1) is 12.5. The van der Waals surface area contributed by atoms with Crippen molar-refractivity contribution in [2.24, 2.45) is 5.73 Å². The van der Waals surface area contributed by atoms with Gasteiger partial charge in [0.1, 0.15) is 5.75 Å². The molecule has 4 nitrogen and oxygen atoms in total. The minimum Gasteiger partial charge on any atom is -0.497 e. The number of aliphatic carboxylic acids is 1. The molecule has 0 bridgehead atoms. The van der Waals surface area contributed by atoms with Crippen LogP contribution in [-0.2, 0) is 10.2 Å². The van der Waals surface area contributed by atoms with E-state index in [4.69, 9.17) is 10.5 Å². The van der Waals surface area contributed by atoms with E-state index in [1.54, 1.807) is 38.3 Å². The predicted molar refractivity (Wildman–Crippen MR) is 61.7 cm³/mol. The van der Waals surface area contributed by atoms with Crippen LogP contribution in [0.2, 0.25) is 0 Å². The summed E-state index contributed by atoms with van der Waals surface area (Å²) in [6.07, 6.45) is 0.398. The average Bonchev–Trinajstić information content (AvgIpc) is 2.29. The monoisotopic (exact) mass is 223 g/mol. The zero-order chi connectivity index (χ0) is 12.2. The fraction of sp³-hybridized carbons (Fsp3) is 0.417. The van der Waals surface area contributed by atoms with Gasteiger partial charge in [-0.05, 0) is 37.6 Å². The molecule has 0 fully saturated rings. The summed E-state index contributed by atoms with van der Waals surface area (Å²) >= 11 is 0. The molecule has 0 aliphatic heterocycles. The largest absolute Gasteiger partial charge is 0.497 e. The number of hydrogen-bond acceptors (Lipinski definition) is 3. The van der Waals surface area contributed by atoms with E-state index in [2.05, 4.69) is 0 Å². The Morgan fingerprint density at radius 1 is 1.56 bits per heavy atom. The van der Waals surface area contributed by atoms with E-state index in [1.807, 2.05) is 0 Å². The lowest BCUT2D eigenvalue weighted by Crippen LogP contribution is -2.34. The number of methoxy groups -OCH3 is 1. The summed E-state index contributed by atoms with van der Waals surface area (Å²) in [5.74, 6) is -0.215. The van der Waals surface area contributed by atoms with Gasteiger partial charge in [-0.25, -0.2) is 0 Å². The molecule has 1 unspecified atom stereocenters. The molecule has 88 valence electrons. The van der Waals surface area contributed by atoms with Gasteiger partial charge in [0.25, 0.3) is 0 Å². The lowest BCUT2D eigenvalue weighted by Gasteiger charge is -2.25. The van der Waals surface area contributed by atoms with Gasteiger partial charge in [-0.1, -0.05) is 12.1 Å². The zero-order valence-electron chi connectivity index (χ0n) is 9.56. The molecular formula is C12H17NO3. The van der Waals surface area contributed by atoms with Crippen molar-refractivity contribution in [3.63, 3.8) is 0 Å². The van der Waals surface area contributed by atoms with E-state index in [1.165, 1.54) is 0 Å². The number of hydrogen-bond donors (Lipinski definition) is 2. The van der Waals surface area contributed by atoms with Gasteiger partial charge in [0.2, 0.25) is 0 Å². The third-order valence-electron chi connectivity index (χ3n) is 2.82. The Kier molecular flexibility index (Phi) is 3.90. The SMILES string of the molecule is COc1cccc(C(C)(CCN)C(=O)O)c1. The number of rotatable bonds is 5. The molecule has 4 heteroatoms. The second-order valence-corrected chi connectivity index (χ2v) is 3.91. The molecule has 0 heterocycles. The molecule has 1 rings (SSSR count). The van der Waals surface area contributed by atoms with Crippen LogP contribution in [0.4, 0.5) is 0 Å². The molecule has 0 saturated heterocycles. The highest BCUT2D eigenvalue weighted by atomic mass is 16.5. The van der Waals surface area contributed by atoms with E-state index in [-0.39, 0.29) is 0 Å². The van der Waals surface area contributed by atoms with Gasteiger partial charge in [-0.2, -0.15) is 0 Å². The number of ether oxygens (including phenoxy) is 1. The maximum absolute atomic E-state index is 11.3. The van der Waals surface area contributed by atoms with E-state index in [0.29, 0.717) is 24.3 Å². The first-order valence-electron chi connectivity index (χ1n) is 5.12. The van der Waals surface area contributed by atoms with Crippen molar-refractivity contribution in [2.45, 2.75) is 18.8 Å². The topological polar surface area (TPSA) is 72.5 Å². The van der Waals surface area contributed by atoms with Crippen molar-refractivity contribution in [2.75, 3.05) is 13.7 Å². The minimum atomic E-state index is -0.955. The maximum Gasteiger partial charge on any atom is 0.313 e. The van der Waals surface area contributed by atoms with Crippen LogP contribution in [0, 0.1) is 0 Å². The number of benzene rings is 1. The van der Waals surface area contributed by atoms with Crippen molar-refractivity contribution in [1.29, 1.82) is 0 Å². The fourth-order valence-corrected chi connectivity index (χ4v) is 1.63. The molecule has 0 radical (unpaired) electrons. The molecule has 0 aliphatic carbocycles. The van der Waals surface area contributed by atoms with Gasteiger partial charge in [0, 0.05) is 0 Å². The third-order valence-corrected chi connectivity index (χ3v) is 2.82. The van der Waals surface area contributed by atoms with Crippen LogP contribution in [0.5, 0.6) is 5.75 Å². The standard InChI is InChI=1S/C12H17NO3/c1-12(6-7-13,11(14)15)9-4-3-5-10(8-9)16-2/h3-5,8H,6-7,13H2,1-2H3,(H,14,15). The summed E-state index contributed by atoms with van der Waals surface area (Å²) < 4.78 is 5.08. The smallest absolute Gasteiger partial charge is 0.313 e. The normalized spacial score (nSPS) is 14.2. The van der Waals surface area contributed by atoms with Gasteiger partial charge in [-0.15, -0.1) is 0 Å². The molecular weight excluding hydrogens is 206 g/mol. The summed E-state index contributed by atoms with van der Waals surface area (Å²) in [5.41, 5.74) is 5.22. The Balaban J connectivity index is 3.15. The lowest BCUT2D eigenvalue weighted by atomic mass is 9.79. The fourth-order valence-electron chi connectivity index (χ4n) is 1.63. The Bertz CT molecular complexity index is 378. The maximum atomic E-state index is 11.3. The van der Waals surface area contributed by atoms with Crippen LogP contribution in [0.15, 0.2) is 24.3 Å². The van der Waals surface area contributed by atoms with Crippen LogP contribution < -0.4 is 10.5 Å². The summed E-state index contributed by atoms with van der Waals surface area (Å²) in [6, 6.07) is 7.09. The van der Waals surface area contributed by atoms with Crippen LogP contribution in [-0.4, -0.2) is 24.7 Å². The van der Waals surface area contributed by atoms with Gasteiger partial charge in [0.05, 0.1) is 12.5 Å². The quantitative estimate of drug-likeness (QED) is 0.791. The van der Waals surface area contributed by atoms with E-state index >= 15 is 0 Å². The molecule has 16 heavy (non-hydrogen) atoms. The second-order valence-electron chi connectivity index (χ2n) is 3.91. The van der Waals surface area contributed by atoms with E-state index < -0.39 is 11.4 Å². The van der Waals surface area contributed by atoms with Crippen LogP contribution in [0.25, 0.3) is 0 Å². The molecule has 0 amide bonds. The molecule has 0 aliphatic rings. The highest BCUT2D eigenvalue weighted by Gasteiger charge is 2.34. The summed E-state index contributed by atoms with van der Waals surface area (Å²) in [7, 11) is 1.56. The third kappa shape index (κ3) is 2.33. The Hall–Kier alpha value is -1.55. The molecule has 1 aromatic carbocycles. The second kappa shape index (κ2) is 4.99. The van der Waals surface area contributed by atoms with Gasteiger partial charge in [0.15, 0.2) is 0 Å². The van der Waals surface area contributed by atoms with E-state index in [9.17, 15) is 9.90 Å². The predicted octanol–water partition coefficient (Wildman–Crippen LogP) is 1.39. The first-order valence-corrected chi connectivity index (χ1v) is 5.12. The molecule has 0 spiro atoms. The van der Waals surface area contributed by atoms with Crippen molar-refractivity contribution < 1.29 is 14.6 Å². The van der Waals surface area contributed by atoms with Crippen molar-refractivity contribution in [3.8, 4) is 5.75 Å². The van der Waals surface area contributed by atoms with Crippen molar-refractivity contribution in [3.05, 3.63) is 29.8 Å². The van der Waals surface area contributed by atoms with Gasteiger partial charge < -0.3 is 15.6 Å². The van der Waals surface area contributed by atoms with Crippen molar-refractivity contribution >= 4 is 5.97 Å². The highest BCUT2D eigenvalue weighted by molar-refractivity contribution is 5.81. The molecule has 0 aromatic heterocycles. The molecule has 1 atom stereocenters.